The van der Waals surface area contributed by atoms with Crippen LogP contribution >= 0.6 is 0 Å². The number of hydrogen-bond acceptors (Lipinski definition) is 13. The van der Waals surface area contributed by atoms with Gasteiger partial charge in [-0.2, -0.15) is 0 Å². The Labute approximate surface area is 384 Å². The zero-order valence-electron chi connectivity index (χ0n) is 39.3. The van der Waals surface area contributed by atoms with Crippen LogP contribution in [0.1, 0.15) is 168 Å². The first-order valence-electron chi connectivity index (χ1n) is 24.9. The van der Waals surface area contributed by atoms with Crippen molar-refractivity contribution in [1.29, 1.82) is 0 Å². The topological polar surface area (TPSA) is 228 Å². The maximum absolute atomic E-state index is 13.1. The molecule has 0 saturated carbocycles. The maximum atomic E-state index is 13.1. The lowest BCUT2D eigenvalue weighted by atomic mass is 9.97. The van der Waals surface area contributed by atoms with Crippen LogP contribution in [-0.4, -0.2) is 140 Å². The summed E-state index contributed by atoms with van der Waals surface area (Å²) in [5, 5.41) is 86.5. The Morgan fingerprint density at radius 1 is 0.562 bits per heavy atom. The van der Waals surface area contributed by atoms with E-state index >= 15 is 0 Å². The maximum Gasteiger partial charge on any atom is 0.220 e. The second-order valence-corrected chi connectivity index (χ2v) is 17.6. The second-order valence-electron chi connectivity index (χ2n) is 17.6. The van der Waals surface area contributed by atoms with Crippen molar-refractivity contribution in [3.8, 4) is 0 Å². The van der Waals surface area contributed by atoms with Crippen molar-refractivity contribution in [3.05, 3.63) is 48.6 Å². The third-order valence-corrected chi connectivity index (χ3v) is 12.0. The van der Waals surface area contributed by atoms with Gasteiger partial charge >= 0.3 is 0 Å². The van der Waals surface area contributed by atoms with E-state index in [4.69, 9.17) is 18.9 Å². The summed E-state index contributed by atoms with van der Waals surface area (Å²) >= 11 is 0. The van der Waals surface area contributed by atoms with Crippen molar-refractivity contribution in [2.24, 2.45) is 0 Å². The third kappa shape index (κ3) is 24.1. The van der Waals surface area contributed by atoms with Crippen LogP contribution in [0.25, 0.3) is 0 Å². The largest absolute Gasteiger partial charge is 0.394 e. The first kappa shape index (κ1) is 58.1. The number of aliphatic hydroxyl groups excluding tert-OH is 8. The number of carbonyl (C=O) groups is 1. The fraction of sp³-hybridized carbons (Fsp3) is 0.820. The summed E-state index contributed by atoms with van der Waals surface area (Å²) in [5.41, 5.74) is 0. The van der Waals surface area contributed by atoms with Gasteiger partial charge in [0.25, 0.3) is 0 Å². The van der Waals surface area contributed by atoms with E-state index in [1.807, 2.05) is 6.08 Å². The molecule has 0 aliphatic carbocycles. The van der Waals surface area contributed by atoms with Gasteiger partial charge in [0.2, 0.25) is 5.91 Å². The molecule has 2 aliphatic heterocycles. The quantitative estimate of drug-likeness (QED) is 0.0254. The summed E-state index contributed by atoms with van der Waals surface area (Å²) in [6.07, 6.45) is 25.8. The number of ether oxygens (including phenoxy) is 4. The molecule has 2 rings (SSSR count). The third-order valence-electron chi connectivity index (χ3n) is 12.0. The standard InChI is InChI=1S/C50H89NO13/c1-3-5-7-9-11-13-15-16-17-18-19-20-21-22-24-26-28-30-32-34-42(55)51-38(39(54)33-31-29-27-25-23-14-12-10-8-6-4-2)37-61-49-47(60)45(58)48(41(36-53)63-49)64-50-46(59)44(57)43(56)40(35-52)62-50/h11,13,16-17,23,25,31,33,38-41,43-50,52-54,56-60H,3-10,12,14-15,18-22,24,26-30,32,34-37H2,1-2H3,(H,51,55)/b13-11-,17-16-,25-23+,33-31+. The number of aliphatic hydroxyl groups is 8. The molecule has 9 N–H and O–H groups in total. The van der Waals surface area contributed by atoms with Crippen LogP contribution in [0.15, 0.2) is 48.6 Å². The van der Waals surface area contributed by atoms with Crippen LogP contribution < -0.4 is 5.32 Å². The van der Waals surface area contributed by atoms with Crippen LogP contribution in [0.5, 0.6) is 0 Å². The summed E-state index contributed by atoms with van der Waals surface area (Å²) in [6, 6.07) is -0.932. The van der Waals surface area contributed by atoms with E-state index in [1.54, 1.807) is 6.08 Å². The average molecular weight is 912 g/mol. The second kappa shape index (κ2) is 37.0. The Hall–Kier alpha value is -2.05. The molecule has 14 heteroatoms. The highest BCUT2D eigenvalue weighted by molar-refractivity contribution is 5.76. The molecular formula is C50H89NO13. The van der Waals surface area contributed by atoms with Gasteiger partial charge in [0.05, 0.1) is 32.0 Å². The minimum absolute atomic E-state index is 0.258. The van der Waals surface area contributed by atoms with Crippen LogP contribution in [0.3, 0.4) is 0 Å². The van der Waals surface area contributed by atoms with Gasteiger partial charge < -0.3 is 65.1 Å². The molecule has 2 saturated heterocycles. The zero-order valence-corrected chi connectivity index (χ0v) is 39.3. The Bertz CT molecular complexity index is 1260. The highest BCUT2D eigenvalue weighted by atomic mass is 16.7. The number of allylic oxidation sites excluding steroid dienone is 7. The van der Waals surface area contributed by atoms with Gasteiger partial charge in [0, 0.05) is 6.42 Å². The first-order valence-corrected chi connectivity index (χ1v) is 24.9. The molecule has 0 aromatic carbocycles. The van der Waals surface area contributed by atoms with Gasteiger partial charge in [-0.3, -0.25) is 4.79 Å². The Morgan fingerprint density at radius 3 is 1.66 bits per heavy atom. The van der Waals surface area contributed by atoms with Crippen molar-refractivity contribution in [2.45, 2.75) is 242 Å². The van der Waals surface area contributed by atoms with E-state index in [2.05, 4.69) is 55.6 Å². The number of unbranched alkanes of at least 4 members (excludes halogenated alkanes) is 18. The van der Waals surface area contributed by atoms with E-state index in [1.165, 1.54) is 89.9 Å². The minimum atomic E-state index is -1.79. The molecule has 2 fully saturated rings. The number of amides is 1. The summed E-state index contributed by atoms with van der Waals surface area (Å²) < 4.78 is 22.6. The summed E-state index contributed by atoms with van der Waals surface area (Å²) in [4.78, 5) is 13.1. The van der Waals surface area contributed by atoms with Crippen LogP contribution in [-0.2, 0) is 23.7 Å². The molecule has 2 heterocycles. The smallest absolute Gasteiger partial charge is 0.220 e. The normalized spacial score (nSPS) is 27.7. The van der Waals surface area contributed by atoms with Crippen LogP contribution in [0, 0.1) is 0 Å². The molecule has 64 heavy (non-hydrogen) atoms. The van der Waals surface area contributed by atoms with Crippen molar-refractivity contribution < 1.29 is 64.6 Å². The van der Waals surface area contributed by atoms with E-state index in [-0.39, 0.29) is 18.9 Å². The molecule has 0 aromatic heterocycles. The highest BCUT2D eigenvalue weighted by Gasteiger charge is 2.51. The fourth-order valence-corrected chi connectivity index (χ4v) is 7.86. The predicted octanol–water partition coefficient (Wildman–Crippen LogP) is 6.10. The SMILES string of the molecule is CCCCC/C=C\C/C=C\CCCCCCCCCCCC(=O)NC(COC1OC(CO)C(OC2OC(CO)C(O)C(O)C2O)C(O)C1O)C(O)/C=C/CC/C=C/CCCCCCC. The molecule has 14 nitrogen and oxygen atoms in total. The predicted molar refractivity (Wildman–Crippen MR) is 249 cm³/mol. The minimum Gasteiger partial charge on any atom is -0.394 e. The van der Waals surface area contributed by atoms with Crippen molar-refractivity contribution in [1.82, 2.24) is 5.32 Å². The van der Waals surface area contributed by atoms with Crippen LogP contribution in [0.4, 0.5) is 0 Å². The van der Waals surface area contributed by atoms with Gasteiger partial charge in [-0.05, 0) is 64.2 Å². The average Bonchev–Trinajstić information content (AvgIpc) is 3.29. The molecule has 372 valence electrons. The first-order chi connectivity index (χ1) is 31.1. The van der Waals surface area contributed by atoms with Gasteiger partial charge in [-0.1, -0.05) is 146 Å². The molecule has 0 aromatic rings. The molecule has 0 bridgehead atoms. The molecule has 0 spiro atoms. The van der Waals surface area contributed by atoms with Gasteiger partial charge in [-0.15, -0.1) is 0 Å². The summed E-state index contributed by atoms with van der Waals surface area (Å²) in [6.45, 7) is 2.69. The molecule has 2 aliphatic rings. The number of hydrogen-bond donors (Lipinski definition) is 9. The van der Waals surface area contributed by atoms with E-state index < -0.39 is 86.8 Å². The van der Waals surface area contributed by atoms with Crippen molar-refractivity contribution in [3.63, 3.8) is 0 Å². The highest BCUT2D eigenvalue weighted by Crippen LogP contribution is 2.30. The van der Waals surface area contributed by atoms with Gasteiger partial charge in [0.15, 0.2) is 12.6 Å². The number of nitrogens with one attached hydrogen (secondary N) is 1. The molecule has 0 radical (unpaired) electrons. The molecule has 12 atom stereocenters. The summed E-state index contributed by atoms with van der Waals surface area (Å²) in [5.74, 6) is -0.258. The Morgan fingerprint density at radius 2 is 1.05 bits per heavy atom. The van der Waals surface area contributed by atoms with Crippen molar-refractivity contribution in [2.75, 3.05) is 19.8 Å². The van der Waals surface area contributed by atoms with Crippen molar-refractivity contribution >= 4 is 5.91 Å². The van der Waals surface area contributed by atoms with E-state index in [0.717, 1.165) is 44.9 Å². The van der Waals surface area contributed by atoms with Gasteiger partial charge in [-0.25, -0.2) is 0 Å². The zero-order chi connectivity index (χ0) is 46.8. The lowest BCUT2D eigenvalue weighted by Gasteiger charge is -2.46. The van der Waals surface area contributed by atoms with E-state index in [9.17, 15) is 45.6 Å². The van der Waals surface area contributed by atoms with Gasteiger partial charge in [0.1, 0.15) is 48.8 Å². The summed E-state index contributed by atoms with van der Waals surface area (Å²) in [7, 11) is 0. The number of rotatable bonds is 37. The molecular weight excluding hydrogens is 823 g/mol. The fourth-order valence-electron chi connectivity index (χ4n) is 7.86. The van der Waals surface area contributed by atoms with Crippen LogP contribution in [0.2, 0.25) is 0 Å². The number of carbonyl (C=O) groups excluding carboxylic acids is 1. The lowest BCUT2D eigenvalue weighted by molar-refractivity contribution is -0.359. The Balaban J connectivity index is 1.84. The molecule has 12 unspecified atom stereocenters. The monoisotopic (exact) mass is 912 g/mol. The lowest BCUT2D eigenvalue weighted by Crippen LogP contribution is -2.65. The Kier molecular flexibility index (Phi) is 33.6. The van der Waals surface area contributed by atoms with E-state index in [0.29, 0.717) is 12.8 Å². The molecule has 1 amide bonds.